The predicted octanol–water partition coefficient (Wildman–Crippen LogP) is 5.56. The maximum Gasteiger partial charge on any atom is 0.252 e. The molecule has 1 aliphatic heterocycles. The molecular formula is C29H26N2O2. The number of carbonyl (C=O) groups excluding carboxylic acids is 2. The topological polar surface area (TPSA) is 49.4 Å². The lowest BCUT2D eigenvalue weighted by atomic mass is 9.98. The standard InChI is InChI=1S/C29H26N2O2/c32-28-13-6-18-31(28)20-21-14-16-23(17-15-21)25-10-3-2-8-24(25)19-30-29(33)27-12-5-9-22-7-1-4-11-26(22)27/h1-5,7-12,14-17H,6,13,18-20H2,(H,30,33). The van der Waals surface area contributed by atoms with E-state index < -0.39 is 0 Å². The van der Waals surface area contributed by atoms with Crippen LogP contribution in [0.15, 0.2) is 91.0 Å². The Morgan fingerprint density at radius 1 is 0.848 bits per heavy atom. The van der Waals surface area contributed by atoms with Gasteiger partial charge in [0.25, 0.3) is 5.91 Å². The van der Waals surface area contributed by atoms with Gasteiger partial charge in [-0.1, -0.05) is 84.9 Å². The van der Waals surface area contributed by atoms with Crippen LogP contribution in [-0.2, 0) is 17.9 Å². The highest BCUT2D eigenvalue weighted by Crippen LogP contribution is 2.25. The number of nitrogens with one attached hydrogen (secondary N) is 1. The maximum absolute atomic E-state index is 13.0. The molecule has 0 radical (unpaired) electrons. The number of nitrogens with zero attached hydrogens (tertiary/aromatic N) is 1. The molecule has 0 unspecified atom stereocenters. The van der Waals surface area contributed by atoms with Crippen LogP contribution in [0.2, 0.25) is 0 Å². The number of benzene rings is 4. The minimum absolute atomic E-state index is 0.0766. The Morgan fingerprint density at radius 3 is 2.42 bits per heavy atom. The highest BCUT2D eigenvalue weighted by Gasteiger charge is 2.20. The lowest BCUT2D eigenvalue weighted by Gasteiger charge is -2.16. The third kappa shape index (κ3) is 4.51. The molecular weight excluding hydrogens is 408 g/mol. The first-order valence-corrected chi connectivity index (χ1v) is 11.4. The van der Waals surface area contributed by atoms with E-state index in [0.29, 0.717) is 25.1 Å². The molecule has 4 aromatic carbocycles. The molecule has 4 heteroatoms. The van der Waals surface area contributed by atoms with Gasteiger partial charge in [-0.3, -0.25) is 9.59 Å². The molecule has 33 heavy (non-hydrogen) atoms. The zero-order valence-electron chi connectivity index (χ0n) is 18.5. The van der Waals surface area contributed by atoms with Gasteiger partial charge in [0.2, 0.25) is 5.91 Å². The summed E-state index contributed by atoms with van der Waals surface area (Å²) in [4.78, 5) is 26.8. The largest absolute Gasteiger partial charge is 0.348 e. The highest BCUT2D eigenvalue weighted by atomic mass is 16.2. The van der Waals surface area contributed by atoms with Crippen molar-refractivity contribution in [3.8, 4) is 11.1 Å². The first kappa shape index (κ1) is 21.0. The molecule has 1 saturated heterocycles. The number of likely N-dealkylation sites (tertiary alicyclic amines) is 1. The zero-order valence-corrected chi connectivity index (χ0v) is 18.5. The van der Waals surface area contributed by atoms with E-state index in [2.05, 4.69) is 41.7 Å². The highest BCUT2D eigenvalue weighted by molar-refractivity contribution is 6.07. The molecule has 1 aliphatic rings. The SMILES string of the molecule is O=C(NCc1ccccc1-c1ccc(CN2CCCC2=O)cc1)c1cccc2ccccc12. The van der Waals surface area contributed by atoms with E-state index in [9.17, 15) is 9.59 Å². The summed E-state index contributed by atoms with van der Waals surface area (Å²) in [6.45, 7) is 1.96. The van der Waals surface area contributed by atoms with Crippen molar-refractivity contribution in [1.82, 2.24) is 10.2 Å². The normalized spacial score (nSPS) is 13.5. The van der Waals surface area contributed by atoms with E-state index in [1.807, 2.05) is 59.5 Å². The van der Waals surface area contributed by atoms with Gasteiger partial charge in [-0.2, -0.15) is 0 Å². The van der Waals surface area contributed by atoms with Gasteiger partial charge in [-0.05, 0) is 45.5 Å². The van der Waals surface area contributed by atoms with E-state index in [1.54, 1.807) is 0 Å². The molecule has 2 amide bonds. The van der Waals surface area contributed by atoms with Gasteiger partial charge in [0.1, 0.15) is 0 Å². The van der Waals surface area contributed by atoms with E-state index in [-0.39, 0.29) is 11.8 Å². The van der Waals surface area contributed by atoms with Gasteiger partial charge in [0.15, 0.2) is 0 Å². The second-order valence-electron chi connectivity index (χ2n) is 8.48. The number of rotatable bonds is 6. The summed E-state index contributed by atoms with van der Waals surface area (Å²) in [6, 6.07) is 30.3. The van der Waals surface area contributed by atoms with Crippen LogP contribution in [0, 0.1) is 0 Å². The third-order valence-corrected chi connectivity index (χ3v) is 6.30. The molecule has 0 saturated carbocycles. The molecule has 1 N–H and O–H groups in total. The van der Waals surface area contributed by atoms with Crippen molar-refractivity contribution in [2.24, 2.45) is 0 Å². The summed E-state index contributed by atoms with van der Waals surface area (Å²) in [5.41, 5.74) is 5.08. The summed E-state index contributed by atoms with van der Waals surface area (Å²) in [7, 11) is 0. The molecule has 0 bridgehead atoms. The van der Waals surface area contributed by atoms with E-state index in [4.69, 9.17) is 0 Å². The Balaban J connectivity index is 1.32. The second kappa shape index (κ2) is 9.29. The van der Waals surface area contributed by atoms with Crippen LogP contribution in [-0.4, -0.2) is 23.3 Å². The molecule has 4 aromatic rings. The van der Waals surface area contributed by atoms with Crippen LogP contribution in [0.25, 0.3) is 21.9 Å². The van der Waals surface area contributed by atoms with Crippen LogP contribution < -0.4 is 5.32 Å². The van der Waals surface area contributed by atoms with Crippen LogP contribution in [0.3, 0.4) is 0 Å². The lowest BCUT2D eigenvalue weighted by Crippen LogP contribution is -2.23. The first-order chi connectivity index (χ1) is 16.2. The number of hydrogen-bond acceptors (Lipinski definition) is 2. The first-order valence-electron chi connectivity index (χ1n) is 11.4. The number of carbonyl (C=O) groups is 2. The van der Waals surface area contributed by atoms with Crippen LogP contribution >= 0.6 is 0 Å². The molecule has 4 nitrogen and oxygen atoms in total. The number of amides is 2. The third-order valence-electron chi connectivity index (χ3n) is 6.30. The molecule has 5 rings (SSSR count). The van der Waals surface area contributed by atoms with Gasteiger partial charge in [-0.25, -0.2) is 0 Å². The Hall–Kier alpha value is -3.92. The van der Waals surface area contributed by atoms with Crippen LogP contribution in [0.1, 0.15) is 34.3 Å². The quantitative estimate of drug-likeness (QED) is 0.432. The van der Waals surface area contributed by atoms with Crippen molar-refractivity contribution in [2.75, 3.05) is 6.54 Å². The monoisotopic (exact) mass is 434 g/mol. The van der Waals surface area contributed by atoms with Crippen LogP contribution in [0.4, 0.5) is 0 Å². The Kier molecular flexibility index (Phi) is 5.90. The minimum atomic E-state index is -0.0766. The van der Waals surface area contributed by atoms with Crippen molar-refractivity contribution in [1.29, 1.82) is 0 Å². The fraction of sp³-hybridized carbons (Fsp3) is 0.172. The molecule has 0 aliphatic carbocycles. The average molecular weight is 435 g/mol. The maximum atomic E-state index is 13.0. The molecule has 0 spiro atoms. The molecule has 1 heterocycles. The van der Waals surface area contributed by atoms with Gasteiger partial charge >= 0.3 is 0 Å². The molecule has 164 valence electrons. The smallest absolute Gasteiger partial charge is 0.252 e. The van der Waals surface area contributed by atoms with Crippen molar-refractivity contribution >= 4 is 22.6 Å². The Labute approximate surface area is 193 Å². The summed E-state index contributed by atoms with van der Waals surface area (Å²) in [5, 5.41) is 5.11. The Morgan fingerprint density at radius 2 is 1.61 bits per heavy atom. The molecule has 1 fully saturated rings. The average Bonchev–Trinajstić information content (AvgIpc) is 3.27. The summed E-state index contributed by atoms with van der Waals surface area (Å²) < 4.78 is 0. The molecule has 0 atom stereocenters. The number of fused-ring (bicyclic) bond motifs is 1. The lowest BCUT2D eigenvalue weighted by molar-refractivity contribution is -0.128. The fourth-order valence-corrected chi connectivity index (χ4v) is 4.53. The van der Waals surface area contributed by atoms with E-state index in [0.717, 1.165) is 46.0 Å². The zero-order chi connectivity index (χ0) is 22.6. The van der Waals surface area contributed by atoms with Gasteiger partial charge in [0.05, 0.1) is 0 Å². The summed E-state index contributed by atoms with van der Waals surface area (Å²) >= 11 is 0. The van der Waals surface area contributed by atoms with E-state index in [1.165, 1.54) is 0 Å². The van der Waals surface area contributed by atoms with Crippen LogP contribution in [0.5, 0.6) is 0 Å². The number of hydrogen-bond donors (Lipinski definition) is 1. The minimum Gasteiger partial charge on any atom is -0.348 e. The van der Waals surface area contributed by atoms with E-state index >= 15 is 0 Å². The summed E-state index contributed by atoms with van der Waals surface area (Å²) in [5.74, 6) is 0.165. The molecule has 0 aromatic heterocycles. The fourth-order valence-electron chi connectivity index (χ4n) is 4.53. The van der Waals surface area contributed by atoms with Crippen molar-refractivity contribution in [3.63, 3.8) is 0 Å². The van der Waals surface area contributed by atoms with Gasteiger partial charge in [-0.15, -0.1) is 0 Å². The van der Waals surface area contributed by atoms with Gasteiger partial charge < -0.3 is 10.2 Å². The summed E-state index contributed by atoms with van der Waals surface area (Å²) in [6.07, 6.45) is 1.62. The predicted molar refractivity (Wildman–Crippen MR) is 132 cm³/mol. The van der Waals surface area contributed by atoms with Crippen molar-refractivity contribution in [3.05, 3.63) is 108 Å². The van der Waals surface area contributed by atoms with Crippen molar-refractivity contribution < 1.29 is 9.59 Å². The van der Waals surface area contributed by atoms with Crippen molar-refractivity contribution in [2.45, 2.75) is 25.9 Å². The second-order valence-corrected chi connectivity index (χ2v) is 8.48. The Bertz CT molecular complexity index is 1310. The van der Waals surface area contributed by atoms with Gasteiger partial charge in [0, 0.05) is 31.6 Å².